The van der Waals surface area contributed by atoms with Gasteiger partial charge in [-0.15, -0.1) is 11.3 Å². The summed E-state index contributed by atoms with van der Waals surface area (Å²) in [5.74, 6) is -3.07. The molecule has 2 aromatic heterocycles. The molecule has 2 fully saturated rings. The second kappa shape index (κ2) is 9.91. The number of aromatic nitrogens is 1. The van der Waals surface area contributed by atoms with Gasteiger partial charge >= 0.3 is 11.0 Å². The number of amides is 3. The van der Waals surface area contributed by atoms with Crippen molar-refractivity contribution in [3.8, 4) is 0 Å². The lowest BCUT2D eigenvalue weighted by atomic mass is 9.87. The first-order valence-corrected chi connectivity index (χ1v) is 14.6. The zero-order valence-electron chi connectivity index (χ0n) is 20.1. The van der Waals surface area contributed by atoms with Gasteiger partial charge < -0.3 is 9.64 Å². The standard InChI is InChI=1S/C25H20F3N3O5S3/c26-25(27,28)13-3-1-4-14(11-13)31-21(33)18-17(15-5-2-10-37-15)20-23(38-19(18)22(31)34)30(24(35)39-20)12-16(32)29-6-8-36-9-7-29/h1-5,10-11,17-19H,6-9,12H2/t17-,18?,19?/m1/s1. The van der Waals surface area contributed by atoms with Crippen LogP contribution in [0.4, 0.5) is 18.9 Å². The molecule has 1 aromatic carbocycles. The van der Waals surface area contributed by atoms with Crippen molar-refractivity contribution >= 4 is 57.8 Å². The van der Waals surface area contributed by atoms with Gasteiger partial charge in [-0.1, -0.05) is 35.2 Å². The first kappa shape index (κ1) is 26.3. The van der Waals surface area contributed by atoms with E-state index in [0.717, 1.165) is 51.1 Å². The van der Waals surface area contributed by atoms with Gasteiger partial charge in [-0.25, -0.2) is 4.90 Å². The van der Waals surface area contributed by atoms with E-state index in [1.54, 1.807) is 11.0 Å². The quantitative estimate of drug-likeness (QED) is 0.428. The Kier molecular flexibility index (Phi) is 6.68. The number of carbonyl (C=O) groups is 3. The summed E-state index contributed by atoms with van der Waals surface area (Å²) < 4.78 is 46.8. The summed E-state index contributed by atoms with van der Waals surface area (Å²) in [4.78, 5) is 57.0. The van der Waals surface area contributed by atoms with Gasteiger partial charge in [0.1, 0.15) is 11.8 Å². The molecule has 2 unspecified atom stereocenters. The van der Waals surface area contributed by atoms with Gasteiger partial charge in [0, 0.05) is 28.8 Å². The summed E-state index contributed by atoms with van der Waals surface area (Å²) >= 11 is 3.33. The zero-order chi connectivity index (χ0) is 27.5. The number of nitrogens with zero attached hydrogens (tertiary/aromatic N) is 3. The van der Waals surface area contributed by atoms with E-state index in [9.17, 15) is 32.3 Å². The van der Waals surface area contributed by atoms with E-state index in [-0.39, 0.29) is 23.0 Å². The highest BCUT2D eigenvalue weighted by atomic mass is 32.2. The first-order valence-electron chi connectivity index (χ1n) is 12.0. The van der Waals surface area contributed by atoms with E-state index < -0.39 is 40.6 Å². The summed E-state index contributed by atoms with van der Waals surface area (Å²) in [6, 6.07) is 7.75. The van der Waals surface area contributed by atoms with Crippen LogP contribution in [0.1, 0.15) is 21.2 Å². The minimum absolute atomic E-state index is 0.150. The molecule has 0 spiro atoms. The number of hydrogen-bond acceptors (Lipinski definition) is 8. The summed E-state index contributed by atoms with van der Waals surface area (Å²) in [7, 11) is 0. The highest BCUT2D eigenvalue weighted by Gasteiger charge is 2.57. The number of thiophene rings is 1. The molecule has 3 aliphatic heterocycles. The number of thiazole rings is 1. The SMILES string of the molecule is O=C(Cn1c2c(sc1=O)[C@H](c1cccs1)C1C(=O)N(c3cccc(C(F)(F)F)c3)C(=O)C1S2)N1CCOCC1. The maximum absolute atomic E-state index is 13.8. The Morgan fingerprint density at radius 1 is 1.05 bits per heavy atom. The third kappa shape index (κ3) is 4.52. The van der Waals surface area contributed by atoms with Gasteiger partial charge in [-0.05, 0) is 29.6 Å². The average molecular weight is 596 g/mol. The third-order valence-corrected chi connectivity index (χ3v) is 10.5. The molecular formula is C25H20F3N3O5S3. The van der Waals surface area contributed by atoms with E-state index in [4.69, 9.17) is 4.74 Å². The normalized spacial score (nSPS) is 23.2. The van der Waals surface area contributed by atoms with Gasteiger partial charge in [0.25, 0.3) is 0 Å². The van der Waals surface area contributed by atoms with Gasteiger partial charge in [0.15, 0.2) is 0 Å². The van der Waals surface area contributed by atoms with E-state index in [0.29, 0.717) is 36.2 Å². The number of halogens is 3. The monoisotopic (exact) mass is 595 g/mol. The second-order valence-corrected chi connectivity index (χ2v) is 12.3. The van der Waals surface area contributed by atoms with Crippen LogP contribution in [0.3, 0.4) is 0 Å². The van der Waals surface area contributed by atoms with Crippen LogP contribution in [0.2, 0.25) is 0 Å². The Bertz CT molecular complexity index is 1510. The third-order valence-electron chi connectivity index (χ3n) is 6.99. The van der Waals surface area contributed by atoms with Crippen molar-refractivity contribution in [3.63, 3.8) is 0 Å². The summed E-state index contributed by atoms with van der Waals surface area (Å²) in [6.07, 6.45) is -4.64. The number of hydrogen-bond donors (Lipinski definition) is 0. The Morgan fingerprint density at radius 2 is 1.82 bits per heavy atom. The van der Waals surface area contributed by atoms with Crippen LogP contribution in [0.15, 0.2) is 51.6 Å². The van der Waals surface area contributed by atoms with Crippen molar-refractivity contribution in [1.29, 1.82) is 0 Å². The van der Waals surface area contributed by atoms with Crippen LogP contribution in [-0.2, 0) is 31.8 Å². The molecule has 14 heteroatoms. The Labute approximate surface area is 232 Å². The van der Waals surface area contributed by atoms with E-state index >= 15 is 0 Å². The molecule has 0 bridgehead atoms. The molecule has 39 heavy (non-hydrogen) atoms. The molecule has 3 atom stereocenters. The highest BCUT2D eigenvalue weighted by Crippen LogP contribution is 2.54. The molecule has 2 saturated heterocycles. The smallest absolute Gasteiger partial charge is 0.378 e. The fourth-order valence-corrected chi connectivity index (χ4v) is 8.88. The molecular weight excluding hydrogens is 575 g/mol. The lowest BCUT2D eigenvalue weighted by Crippen LogP contribution is -2.43. The maximum atomic E-state index is 13.8. The number of ether oxygens (including phenoxy) is 1. The number of alkyl halides is 3. The van der Waals surface area contributed by atoms with Crippen LogP contribution in [-0.4, -0.2) is 58.7 Å². The summed E-state index contributed by atoms with van der Waals surface area (Å²) in [6.45, 7) is 1.42. The Balaban J connectivity index is 1.40. The lowest BCUT2D eigenvalue weighted by Gasteiger charge is -2.30. The molecule has 204 valence electrons. The largest absolute Gasteiger partial charge is 0.416 e. The minimum Gasteiger partial charge on any atom is -0.378 e. The number of thioether (sulfide) groups is 1. The predicted molar refractivity (Wildman–Crippen MR) is 139 cm³/mol. The number of morpholine rings is 1. The average Bonchev–Trinajstić information content (AvgIpc) is 3.61. The van der Waals surface area contributed by atoms with Crippen molar-refractivity contribution in [2.24, 2.45) is 5.92 Å². The van der Waals surface area contributed by atoms with Crippen LogP contribution in [0, 0.1) is 5.92 Å². The molecule has 0 radical (unpaired) electrons. The highest BCUT2D eigenvalue weighted by molar-refractivity contribution is 8.00. The van der Waals surface area contributed by atoms with Crippen LogP contribution in [0.5, 0.6) is 0 Å². The van der Waals surface area contributed by atoms with Crippen LogP contribution in [0.25, 0.3) is 0 Å². The second-order valence-electron chi connectivity index (χ2n) is 9.23. The van der Waals surface area contributed by atoms with Crippen molar-refractivity contribution in [2.75, 3.05) is 31.2 Å². The van der Waals surface area contributed by atoms with Gasteiger partial charge in [0.05, 0.1) is 35.4 Å². The van der Waals surface area contributed by atoms with Gasteiger partial charge in [-0.3, -0.25) is 23.7 Å². The summed E-state index contributed by atoms with van der Waals surface area (Å²) in [5, 5.41) is 1.29. The van der Waals surface area contributed by atoms with Crippen LogP contribution >= 0.6 is 34.4 Å². The Morgan fingerprint density at radius 3 is 2.51 bits per heavy atom. The molecule has 3 aromatic rings. The van der Waals surface area contributed by atoms with Crippen molar-refractivity contribution in [1.82, 2.24) is 9.47 Å². The Hall–Kier alpha value is -2.94. The molecule has 6 rings (SSSR count). The number of carbonyl (C=O) groups excluding carboxylic acids is 3. The lowest BCUT2D eigenvalue weighted by molar-refractivity contribution is -0.138. The predicted octanol–water partition coefficient (Wildman–Crippen LogP) is 3.64. The van der Waals surface area contributed by atoms with Gasteiger partial charge in [0.2, 0.25) is 17.7 Å². The minimum atomic E-state index is -4.64. The first-order chi connectivity index (χ1) is 18.6. The van der Waals surface area contributed by atoms with E-state index in [1.807, 2.05) is 11.4 Å². The van der Waals surface area contributed by atoms with E-state index in [2.05, 4.69) is 0 Å². The molecule has 5 heterocycles. The number of rotatable bonds is 4. The van der Waals surface area contributed by atoms with Crippen molar-refractivity contribution < 1.29 is 32.3 Å². The van der Waals surface area contributed by atoms with Crippen molar-refractivity contribution in [2.45, 2.75) is 28.9 Å². The van der Waals surface area contributed by atoms with Crippen LogP contribution < -0.4 is 9.77 Å². The molecule has 8 nitrogen and oxygen atoms in total. The maximum Gasteiger partial charge on any atom is 0.416 e. The number of imide groups is 1. The number of fused-ring (bicyclic) bond motifs is 2. The zero-order valence-corrected chi connectivity index (χ0v) is 22.5. The summed E-state index contributed by atoms with van der Waals surface area (Å²) in [5.41, 5.74) is -1.12. The number of benzene rings is 1. The molecule has 3 amide bonds. The topological polar surface area (TPSA) is 88.9 Å². The molecule has 3 aliphatic rings. The fourth-order valence-electron chi connectivity index (χ4n) is 5.15. The number of anilines is 1. The van der Waals surface area contributed by atoms with Crippen molar-refractivity contribution in [3.05, 3.63) is 66.8 Å². The fraction of sp³-hybridized carbons (Fsp3) is 0.360. The molecule has 0 saturated carbocycles. The molecule has 0 N–H and O–H groups in total. The molecule has 0 aliphatic carbocycles. The van der Waals surface area contributed by atoms with Gasteiger partial charge in [-0.2, -0.15) is 13.2 Å². The van der Waals surface area contributed by atoms with E-state index in [1.165, 1.54) is 22.0 Å².